The summed E-state index contributed by atoms with van der Waals surface area (Å²) in [6.45, 7) is 5.39. The average molecular weight is 238 g/mol. The minimum Gasteiger partial charge on any atom is -0.481 e. The van der Waals surface area contributed by atoms with Crippen LogP contribution in [0.25, 0.3) is 0 Å². The predicted molar refractivity (Wildman–Crippen MR) is 61.3 cm³/mol. The van der Waals surface area contributed by atoms with Gasteiger partial charge in [0.1, 0.15) is 6.10 Å². The van der Waals surface area contributed by atoms with Crippen molar-refractivity contribution in [3.63, 3.8) is 0 Å². The number of carboxylic acids is 1. The molecule has 4 heteroatoms. The summed E-state index contributed by atoms with van der Waals surface area (Å²) in [5, 5.41) is 9.08. The smallest absolute Gasteiger partial charge is 0.311 e. The second-order valence-corrected chi connectivity index (χ2v) is 5.96. The van der Waals surface area contributed by atoms with Gasteiger partial charge < -0.3 is 9.84 Å². The Labute approximate surface area is 101 Å². The minimum absolute atomic E-state index is 0.0613. The molecule has 2 rings (SSSR count). The minimum atomic E-state index is -0.782. The number of rotatable bonds is 2. The van der Waals surface area contributed by atoms with Gasteiger partial charge in [-0.1, -0.05) is 5.57 Å². The van der Waals surface area contributed by atoms with E-state index in [1.54, 1.807) is 20.8 Å². The summed E-state index contributed by atoms with van der Waals surface area (Å²) in [6, 6.07) is 0. The molecule has 17 heavy (non-hydrogen) atoms. The van der Waals surface area contributed by atoms with Crippen molar-refractivity contribution >= 4 is 11.9 Å². The van der Waals surface area contributed by atoms with Gasteiger partial charge in [0.25, 0.3) is 0 Å². The number of hydrogen-bond donors (Lipinski definition) is 1. The van der Waals surface area contributed by atoms with E-state index in [9.17, 15) is 9.59 Å². The lowest BCUT2D eigenvalue weighted by atomic mass is 9.89. The summed E-state index contributed by atoms with van der Waals surface area (Å²) >= 11 is 0. The van der Waals surface area contributed by atoms with Gasteiger partial charge in [0.15, 0.2) is 0 Å². The van der Waals surface area contributed by atoms with Crippen LogP contribution in [-0.2, 0) is 14.3 Å². The van der Waals surface area contributed by atoms with Gasteiger partial charge in [-0.05, 0) is 39.7 Å². The van der Waals surface area contributed by atoms with Gasteiger partial charge in [0, 0.05) is 5.92 Å². The lowest BCUT2D eigenvalue weighted by molar-refractivity contribution is -0.161. The molecule has 0 saturated heterocycles. The molecule has 2 aliphatic carbocycles. The second-order valence-electron chi connectivity index (χ2n) is 5.96. The second kappa shape index (κ2) is 3.86. The molecular weight excluding hydrogens is 220 g/mol. The van der Waals surface area contributed by atoms with E-state index in [1.807, 2.05) is 6.08 Å². The highest BCUT2D eigenvalue weighted by Crippen LogP contribution is 2.46. The lowest BCUT2D eigenvalue weighted by Crippen LogP contribution is -2.34. The summed E-state index contributed by atoms with van der Waals surface area (Å²) in [5.41, 5.74) is 0.577. The Bertz CT molecular complexity index is 389. The number of aliphatic carboxylic acids is 1. The molecule has 0 spiro atoms. The van der Waals surface area contributed by atoms with Crippen molar-refractivity contribution < 1.29 is 19.4 Å². The van der Waals surface area contributed by atoms with E-state index < -0.39 is 11.4 Å². The number of fused-ring (bicyclic) bond motifs is 2. The normalized spacial score (nSPS) is 31.2. The fourth-order valence-electron chi connectivity index (χ4n) is 2.49. The highest BCUT2D eigenvalue weighted by molar-refractivity contribution is 5.76. The van der Waals surface area contributed by atoms with Crippen molar-refractivity contribution in [2.45, 2.75) is 39.7 Å². The maximum absolute atomic E-state index is 11.8. The van der Waals surface area contributed by atoms with Crippen molar-refractivity contribution in [2.75, 3.05) is 0 Å². The molecule has 3 unspecified atom stereocenters. The molecular formula is C13H18O4. The van der Waals surface area contributed by atoms with Gasteiger partial charge in [-0.2, -0.15) is 0 Å². The standard InChI is InChI=1S/C13H18O4/c1-13(2,3)12(16)17-10-6-7-4-8(10)9(5-7)11(14)15/h6,8-10H,4-5H2,1-3H3,(H,14,15). The van der Waals surface area contributed by atoms with E-state index in [4.69, 9.17) is 9.84 Å². The first-order valence-corrected chi connectivity index (χ1v) is 5.92. The quantitative estimate of drug-likeness (QED) is 0.590. The van der Waals surface area contributed by atoms with Crippen LogP contribution in [0, 0.1) is 17.3 Å². The molecule has 1 N–H and O–H groups in total. The van der Waals surface area contributed by atoms with Crippen LogP contribution in [0.2, 0.25) is 0 Å². The van der Waals surface area contributed by atoms with Crippen LogP contribution in [0.3, 0.4) is 0 Å². The maximum Gasteiger partial charge on any atom is 0.311 e. The van der Waals surface area contributed by atoms with Crippen LogP contribution < -0.4 is 0 Å². The Kier molecular flexibility index (Phi) is 2.76. The fourth-order valence-corrected chi connectivity index (χ4v) is 2.49. The van der Waals surface area contributed by atoms with E-state index >= 15 is 0 Å². The van der Waals surface area contributed by atoms with Crippen LogP contribution in [0.1, 0.15) is 33.6 Å². The number of esters is 1. The predicted octanol–water partition coefficient (Wildman–Crippen LogP) is 2.00. The molecule has 1 saturated carbocycles. The molecule has 0 amide bonds. The Hall–Kier alpha value is -1.32. The third-order valence-corrected chi connectivity index (χ3v) is 3.49. The van der Waals surface area contributed by atoms with Crippen LogP contribution in [-0.4, -0.2) is 23.1 Å². The van der Waals surface area contributed by atoms with Crippen LogP contribution in [0.15, 0.2) is 11.6 Å². The maximum atomic E-state index is 11.8. The van der Waals surface area contributed by atoms with Crippen LogP contribution in [0.5, 0.6) is 0 Å². The summed E-state index contributed by atoms with van der Waals surface area (Å²) < 4.78 is 5.41. The highest BCUT2D eigenvalue weighted by Gasteiger charge is 2.46. The number of carbonyl (C=O) groups is 2. The molecule has 2 aliphatic rings. The topological polar surface area (TPSA) is 63.6 Å². The zero-order valence-electron chi connectivity index (χ0n) is 10.4. The zero-order valence-corrected chi connectivity index (χ0v) is 10.4. The molecule has 0 aromatic rings. The van der Waals surface area contributed by atoms with E-state index in [2.05, 4.69) is 0 Å². The highest BCUT2D eigenvalue weighted by atomic mass is 16.5. The van der Waals surface area contributed by atoms with Crippen molar-refractivity contribution in [3.05, 3.63) is 11.6 Å². The number of hydrogen-bond acceptors (Lipinski definition) is 3. The SMILES string of the molecule is CC(C)(C)C(=O)OC1C=C2CC(C(=O)O)C1C2. The molecule has 0 aromatic carbocycles. The Morgan fingerprint density at radius 2 is 2.00 bits per heavy atom. The van der Waals surface area contributed by atoms with E-state index in [0.717, 1.165) is 12.0 Å². The van der Waals surface area contributed by atoms with Crippen molar-refractivity contribution in [2.24, 2.45) is 17.3 Å². The third-order valence-electron chi connectivity index (χ3n) is 3.49. The van der Waals surface area contributed by atoms with Crippen LogP contribution in [0.4, 0.5) is 0 Å². The van der Waals surface area contributed by atoms with Crippen molar-refractivity contribution in [1.82, 2.24) is 0 Å². The molecule has 94 valence electrons. The Balaban J connectivity index is 2.06. The molecule has 0 aromatic heterocycles. The number of allylic oxidation sites excluding steroid dienone is 1. The Morgan fingerprint density at radius 1 is 1.35 bits per heavy atom. The summed E-state index contributed by atoms with van der Waals surface area (Å²) in [7, 11) is 0. The average Bonchev–Trinajstić information content (AvgIpc) is 2.74. The first kappa shape index (κ1) is 12.1. The lowest BCUT2D eigenvalue weighted by Gasteiger charge is -2.26. The van der Waals surface area contributed by atoms with E-state index in [0.29, 0.717) is 6.42 Å². The van der Waals surface area contributed by atoms with Crippen molar-refractivity contribution in [1.29, 1.82) is 0 Å². The van der Waals surface area contributed by atoms with Gasteiger partial charge >= 0.3 is 11.9 Å². The summed E-state index contributed by atoms with van der Waals surface area (Å²) in [5.74, 6) is -1.49. The monoisotopic (exact) mass is 238 g/mol. The molecule has 0 radical (unpaired) electrons. The fraction of sp³-hybridized carbons (Fsp3) is 0.692. The van der Waals surface area contributed by atoms with E-state index in [-0.39, 0.29) is 23.9 Å². The number of ether oxygens (including phenoxy) is 1. The van der Waals surface area contributed by atoms with Crippen molar-refractivity contribution in [3.8, 4) is 0 Å². The van der Waals surface area contributed by atoms with Gasteiger partial charge in [0.05, 0.1) is 11.3 Å². The first-order chi connectivity index (χ1) is 7.79. The molecule has 0 aliphatic heterocycles. The molecule has 3 atom stereocenters. The largest absolute Gasteiger partial charge is 0.481 e. The first-order valence-electron chi connectivity index (χ1n) is 5.92. The van der Waals surface area contributed by atoms with Crippen LogP contribution >= 0.6 is 0 Å². The number of carbonyl (C=O) groups excluding carboxylic acids is 1. The molecule has 4 nitrogen and oxygen atoms in total. The molecule has 0 heterocycles. The Morgan fingerprint density at radius 3 is 2.47 bits per heavy atom. The molecule has 2 bridgehead atoms. The third kappa shape index (κ3) is 2.21. The van der Waals surface area contributed by atoms with Gasteiger partial charge in [-0.25, -0.2) is 0 Å². The molecule has 1 fully saturated rings. The van der Waals surface area contributed by atoms with Gasteiger partial charge in [0.2, 0.25) is 0 Å². The number of carboxylic acid groups (broad SMARTS) is 1. The van der Waals surface area contributed by atoms with Gasteiger partial charge in [-0.15, -0.1) is 0 Å². The zero-order chi connectivity index (χ0) is 12.8. The van der Waals surface area contributed by atoms with E-state index in [1.165, 1.54) is 0 Å². The van der Waals surface area contributed by atoms with Gasteiger partial charge in [-0.3, -0.25) is 9.59 Å². The summed E-state index contributed by atoms with van der Waals surface area (Å²) in [6.07, 6.45) is 2.96. The summed E-state index contributed by atoms with van der Waals surface area (Å²) in [4.78, 5) is 22.8.